The van der Waals surface area contributed by atoms with Crippen molar-refractivity contribution in [3.05, 3.63) is 35.5 Å². The Morgan fingerprint density at radius 2 is 1.89 bits per heavy atom. The maximum atomic E-state index is 5.80. The number of anilines is 1. The summed E-state index contributed by atoms with van der Waals surface area (Å²) in [4.78, 5) is 8.59. The van der Waals surface area contributed by atoms with E-state index in [4.69, 9.17) is 10.5 Å². The van der Waals surface area contributed by atoms with Crippen molar-refractivity contribution in [2.75, 3.05) is 12.8 Å². The predicted molar refractivity (Wildman–Crippen MR) is 77.3 cm³/mol. The van der Waals surface area contributed by atoms with Gasteiger partial charge in [-0.15, -0.1) is 0 Å². The third-order valence-corrected chi connectivity index (χ3v) is 2.99. The van der Waals surface area contributed by atoms with Gasteiger partial charge in [0.1, 0.15) is 5.75 Å². The first kappa shape index (κ1) is 13.3. The molecule has 1 aromatic heterocycles. The first-order chi connectivity index (χ1) is 9.01. The second-order valence-electron chi connectivity index (χ2n) is 4.89. The number of rotatable bonds is 3. The first-order valence-corrected chi connectivity index (χ1v) is 6.30. The van der Waals surface area contributed by atoms with Crippen molar-refractivity contribution >= 4 is 5.95 Å². The summed E-state index contributed by atoms with van der Waals surface area (Å²) in [5.74, 6) is 1.39. The molecule has 1 heterocycles. The molecule has 0 atom stereocenters. The van der Waals surface area contributed by atoms with E-state index >= 15 is 0 Å². The second kappa shape index (κ2) is 5.26. The van der Waals surface area contributed by atoms with Crippen molar-refractivity contribution in [1.82, 2.24) is 9.97 Å². The SMILES string of the molecule is COc1ccc(C)cc1-c1cc(C(C)C)nc(N)n1. The molecule has 1 aromatic carbocycles. The molecule has 2 rings (SSSR count). The van der Waals surface area contributed by atoms with Crippen LogP contribution in [0.3, 0.4) is 0 Å². The lowest BCUT2D eigenvalue weighted by molar-refractivity contribution is 0.416. The van der Waals surface area contributed by atoms with E-state index in [0.29, 0.717) is 11.9 Å². The largest absolute Gasteiger partial charge is 0.496 e. The van der Waals surface area contributed by atoms with Gasteiger partial charge in [0.2, 0.25) is 5.95 Å². The maximum absolute atomic E-state index is 5.80. The van der Waals surface area contributed by atoms with Crippen LogP contribution >= 0.6 is 0 Å². The third kappa shape index (κ3) is 2.84. The summed E-state index contributed by atoms with van der Waals surface area (Å²) in [7, 11) is 1.65. The van der Waals surface area contributed by atoms with E-state index in [1.54, 1.807) is 7.11 Å². The molecule has 4 nitrogen and oxygen atoms in total. The van der Waals surface area contributed by atoms with Crippen LogP contribution in [-0.4, -0.2) is 17.1 Å². The lowest BCUT2D eigenvalue weighted by atomic mass is 10.0. The molecule has 0 radical (unpaired) electrons. The molecule has 0 unspecified atom stereocenters. The predicted octanol–water partition coefficient (Wildman–Crippen LogP) is 3.17. The zero-order chi connectivity index (χ0) is 14.0. The van der Waals surface area contributed by atoms with E-state index in [1.807, 2.05) is 31.2 Å². The lowest BCUT2D eigenvalue weighted by Crippen LogP contribution is -2.03. The Morgan fingerprint density at radius 1 is 1.16 bits per heavy atom. The highest BCUT2D eigenvalue weighted by molar-refractivity contribution is 5.69. The number of nitrogens with zero attached hydrogens (tertiary/aromatic N) is 2. The highest BCUT2D eigenvalue weighted by atomic mass is 16.5. The van der Waals surface area contributed by atoms with Gasteiger partial charge in [-0.25, -0.2) is 9.97 Å². The maximum Gasteiger partial charge on any atom is 0.220 e. The highest BCUT2D eigenvalue weighted by Gasteiger charge is 2.12. The topological polar surface area (TPSA) is 61.0 Å². The minimum atomic E-state index is 0.296. The number of nitrogen functional groups attached to an aromatic ring is 1. The Morgan fingerprint density at radius 3 is 2.53 bits per heavy atom. The van der Waals surface area contributed by atoms with Crippen molar-refractivity contribution in [2.24, 2.45) is 0 Å². The van der Waals surface area contributed by atoms with Gasteiger partial charge in [-0.05, 0) is 31.0 Å². The van der Waals surface area contributed by atoms with E-state index < -0.39 is 0 Å². The molecule has 0 aliphatic carbocycles. The zero-order valence-corrected chi connectivity index (χ0v) is 11.8. The lowest BCUT2D eigenvalue weighted by Gasteiger charge is -2.12. The van der Waals surface area contributed by atoms with Gasteiger partial charge in [0.25, 0.3) is 0 Å². The molecule has 2 aromatic rings. The number of benzene rings is 1. The average molecular weight is 257 g/mol. The van der Waals surface area contributed by atoms with Crippen molar-refractivity contribution in [3.63, 3.8) is 0 Å². The fourth-order valence-electron chi connectivity index (χ4n) is 1.94. The molecule has 0 fully saturated rings. The van der Waals surface area contributed by atoms with Crippen LogP contribution in [0.5, 0.6) is 5.75 Å². The highest BCUT2D eigenvalue weighted by Crippen LogP contribution is 2.31. The molecule has 0 saturated heterocycles. The van der Waals surface area contributed by atoms with Gasteiger partial charge < -0.3 is 10.5 Å². The summed E-state index contributed by atoms with van der Waals surface area (Å²) in [5, 5.41) is 0. The molecule has 2 N–H and O–H groups in total. The Labute approximate surface area is 113 Å². The molecule has 100 valence electrons. The van der Waals surface area contributed by atoms with Gasteiger partial charge >= 0.3 is 0 Å². The van der Waals surface area contributed by atoms with Gasteiger partial charge in [0, 0.05) is 11.3 Å². The quantitative estimate of drug-likeness (QED) is 0.917. The molecule has 4 heteroatoms. The number of aryl methyl sites for hydroxylation is 1. The zero-order valence-electron chi connectivity index (χ0n) is 11.8. The van der Waals surface area contributed by atoms with Crippen molar-refractivity contribution in [2.45, 2.75) is 26.7 Å². The molecule has 0 bridgehead atoms. The van der Waals surface area contributed by atoms with Gasteiger partial charge in [-0.2, -0.15) is 0 Å². The molecule has 0 spiro atoms. The van der Waals surface area contributed by atoms with Crippen LogP contribution in [0.4, 0.5) is 5.95 Å². The van der Waals surface area contributed by atoms with Gasteiger partial charge in [0.05, 0.1) is 12.8 Å². The molecular weight excluding hydrogens is 238 g/mol. The third-order valence-electron chi connectivity index (χ3n) is 2.99. The van der Waals surface area contributed by atoms with E-state index in [0.717, 1.165) is 28.3 Å². The smallest absolute Gasteiger partial charge is 0.220 e. The number of hydrogen-bond acceptors (Lipinski definition) is 4. The van der Waals surface area contributed by atoms with Gasteiger partial charge in [0.15, 0.2) is 0 Å². The number of ether oxygens (including phenoxy) is 1. The summed E-state index contributed by atoms with van der Waals surface area (Å²) in [5.41, 5.74) is 9.63. The summed E-state index contributed by atoms with van der Waals surface area (Å²) in [6.07, 6.45) is 0. The molecular formula is C15H19N3O. The monoisotopic (exact) mass is 257 g/mol. The van der Waals surface area contributed by atoms with Crippen LogP contribution in [0.1, 0.15) is 31.0 Å². The average Bonchev–Trinajstić information content (AvgIpc) is 2.37. The normalized spacial score (nSPS) is 10.8. The van der Waals surface area contributed by atoms with E-state index in [-0.39, 0.29) is 0 Å². The number of aromatic nitrogens is 2. The van der Waals surface area contributed by atoms with Gasteiger partial charge in [-0.1, -0.05) is 25.5 Å². The summed E-state index contributed by atoms with van der Waals surface area (Å²) in [6.45, 7) is 6.20. The molecule has 0 saturated carbocycles. The minimum absolute atomic E-state index is 0.296. The van der Waals surface area contributed by atoms with E-state index in [1.165, 1.54) is 0 Å². The van der Waals surface area contributed by atoms with Gasteiger partial charge in [-0.3, -0.25) is 0 Å². The summed E-state index contributed by atoms with van der Waals surface area (Å²) < 4.78 is 5.39. The number of nitrogens with two attached hydrogens (primary N) is 1. The molecule has 0 aliphatic heterocycles. The van der Waals surface area contributed by atoms with Crippen LogP contribution in [0.25, 0.3) is 11.3 Å². The number of hydrogen-bond donors (Lipinski definition) is 1. The fourth-order valence-corrected chi connectivity index (χ4v) is 1.94. The van der Waals surface area contributed by atoms with E-state index in [2.05, 4.69) is 23.8 Å². The van der Waals surface area contributed by atoms with Crippen LogP contribution in [0.2, 0.25) is 0 Å². The fraction of sp³-hybridized carbons (Fsp3) is 0.333. The van der Waals surface area contributed by atoms with Crippen LogP contribution in [-0.2, 0) is 0 Å². The van der Waals surface area contributed by atoms with Crippen molar-refractivity contribution < 1.29 is 4.74 Å². The minimum Gasteiger partial charge on any atom is -0.496 e. The summed E-state index contributed by atoms with van der Waals surface area (Å²) in [6, 6.07) is 7.97. The second-order valence-corrected chi connectivity index (χ2v) is 4.89. The Balaban J connectivity index is 2.61. The molecule has 0 aliphatic rings. The Bertz CT molecular complexity index is 594. The van der Waals surface area contributed by atoms with Crippen molar-refractivity contribution in [1.29, 1.82) is 0 Å². The standard InChI is InChI=1S/C15H19N3O/c1-9(2)12-8-13(18-15(16)17-12)11-7-10(3)5-6-14(11)19-4/h5-9H,1-4H3,(H2,16,17,18). The van der Waals surface area contributed by atoms with Crippen LogP contribution in [0.15, 0.2) is 24.3 Å². The first-order valence-electron chi connectivity index (χ1n) is 6.30. The Kier molecular flexibility index (Phi) is 3.69. The summed E-state index contributed by atoms with van der Waals surface area (Å²) >= 11 is 0. The van der Waals surface area contributed by atoms with Crippen molar-refractivity contribution in [3.8, 4) is 17.0 Å². The molecule has 19 heavy (non-hydrogen) atoms. The number of methoxy groups -OCH3 is 1. The van der Waals surface area contributed by atoms with E-state index in [9.17, 15) is 0 Å². The Hall–Kier alpha value is -2.10. The molecule has 0 amide bonds. The van der Waals surface area contributed by atoms with Crippen LogP contribution < -0.4 is 10.5 Å². The van der Waals surface area contributed by atoms with Crippen LogP contribution in [0, 0.1) is 6.92 Å².